The summed E-state index contributed by atoms with van der Waals surface area (Å²) in [5, 5.41) is 1.79. The largest absolute Gasteiger partial charge is 0.377 e. The van der Waals surface area contributed by atoms with Crippen LogP contribution < -0.4 is 9.80 Å². The van der Waals surface area contributed by atoms with Crippen molar-refractivity contribution in [2.24, 2.45) is 0 Å². The summed E-state index contributed by atoms with van der Waals surface area (Å²) in [6.45, 7) is 0. The number of aldehydes is 2. The molecule has 104 valence electrons. The maximum absolute atomic E-state index is 11.3. The van der Waals surface area contributed by atoms with Gasteiger partial charge < -0.3 is 9.80 Å². The molecule has 4 heteroatoms. The fourth-order valence-electron chi connectivity index (χ4n) is 2.50. The van der Waals surface area contributed by atoms with Gasteiger partial charge in [0, 0.05) is 50.4 Å². The van der Waals surface area contributed by atoms with E-state index in [1.54, 1.807) is 6.07 Å². The predicted octanol–water partition coefficient (Wildman–Crippen LogP) is 2.60. The Morgan fingerprint density at radius 1 is 0.800 bits per heavy atom. The third kappa shape index (κ3) is 2.13. The Balaban J connectivity index is 3.02. The summed E-state index contributed by atoms with van der Waals surface area (Å²) >= 11 is 0. The monoisotopic (exact) mass is 270 g/mol. The second kappa shape index (κ2) is 5.33. The predicted molar refractivity (Wildman–Crippen MR) is 83.4 cm³/mol. The van der Waals surface area contributed by atoms with Crippen LogP contribution in [0.2, 0.25) is 0 Å². The molecule has 0 bridgehead atoms. The molecule has 0 saturated heterocycles. The second-order valence-electron chi connectivity index (χ2n) is 5.12. The highest BCUT2D eigenvalue weighted by Gasteiger charge is 2.16. The Hall–Kier alpha value is -2.36. The van der Waals surface area contributed by atoms with Crippen LogP contribution in [0.15, 0.2) is 24.3 Å². The number of benzene rings is 2. The Morgan fingerprint density at radius 3 is 1.90 bits per heavy atom. The minimum absolute atomic E-state index is 0.619. The van der Waals surface area contributed by atoms with Gasteiger partial charge in [-0.2, -0.15) is 0 Å². The van der Waals surface area contributed by atoms with Gasteiger partial charge in [0.25, 0.3) is 0 Å². The SMILES string of the molecule is CN(C)c1ccc(C=O)c2ccc(C=O)c(N(C)C)c12. The standard InChI is InChI=1S/C16H18N2O2/c1-17(2)14-8-6-11(9-19)13-7-5-12(10-20)16(15(13)14)18(3)4/h5-10H,1-4H3. The van der Waals surface area contributed by atoms with E-state index in [-0.39, 0.29) is 0 Å². The highest BCUT2D eigenvalue weighted by Crippen LogP contribution is 2.37. The Bertz CT molecular complexity index is 676. The van der Waals surface area contributed by atoms with Crippen LogP contribution in [0, 0.1) is 0 Å². The smallest absolute Gasteiger partial charge is 0.152 e. The molecule has 0 radical (unpaired) electrons. The van der Waals surface area contributed by atoms with Gasteiger partial charge in [-0.3, -0.25) is 9.59 Å². The molecule has 0 saturated carbocycles. The van der Waals surface area contributed by atoms with Crippen molar-refractivity contribution < 1.29 is 9.59 Å². The van der Waals surface area contributed by atoms with E-state index in [9.17, 15) is 9.59 Å². The van der Waals surface area contributed by atoms with Crippen LogP contribution in [-0.4, -0.2) is 40.8 Å². The summed E-state index contributed by atoms with van der Waals surface area (Å²) in [5.74, 6) is 0. The lowest BCUT2D eigenvalue weighted by atomic mass is 9.98. The lowest BCUT2D eigenvalue weighted by molar-refractivity contribution is 0.111. The Kier molecular flexibility index (Phi) is 3.74. The Morgan fingerprint density at radius 2 is 1.40 bits per heavy atom. The Labute approximate surface area is 118 Å². The zero-order valence-corrected chi connectivity index (χ0v) is 12.2. The summed E-state index contributed by atoms with van der Waals surface area (Å²) in [5.41, 5.74) is 3.07. The fourth-order valence-corrected chi connectivity index (χ4v) is 2.50. The lowest BCUT2D eigenvalue weighted by Gasteiger charge is -2.23. The molecule has 0 aromatic heterocycles. The topological polar surface area (TPSA) is 40.6 Å². The van der Waals surface area contributed by atoms with Crippen LogP contribution in [0.25, 0.3) is 10.8 Å². The van der Waals surface area contributed by atoms with Crippen LogP contribution in [-0.2, 0) is 0 Å². The molecule has 0 aliphatic carbocycles. The van der Waals surface area contributed by atoms with Crippen molar-refractivity contribution in [1.29, 1.82) is 0 Å². The molecule has 0 fully saturated rings. The molecule has 20 heavy (non-hydrogen) atoms. The summed E-state index contributed by atoms with van der Waals surface area (Å²) < 4.78 is 0. The fraction of sp³-hybridized carbons (Fsp3) is 0.250. The zero-order chi connectivity index (χ0) is 14.9. The molecule has 0 heterocycles. The third-order valence-corrected chi connectivity index (χ3v) is 3.38. The van der Waals surface area contributed by atoms with E-state index in [4.69, 9.17) is 0 Å². The number of anilines is 2. The molecule has 0 N–H and O–H groups in total. The summed E-state index contributed by atoms with van der Waals surface area (Å²) in [7, 11) is 7.69. The average Bonchev–Trinajstić information content (AvgIpc) is 2.43. The normalized spacial score (nSPS) is 10.4. The first kappa shape index (κ1) is 14.1. The van der Waals surface area contributed by atoms with Crippen LogP contribution in [0.4, 0.5) is 11.4 Å². The van der Waals surface area contributed by atoms with Crippen LogP contribution in [0.1, 0.15) is 20.7 Å². The molecule has 4 nitrogen and oxygen atoms in total. The summed E-state index contributed by atoms with van der Waals surface area (Å²) in [6.07, 6.45) is 1.70. The summed E-state index contributed by atoms with van der Waals surface area (Å²) in [4.78, 5) is 26.4. The first-order valence-corrected chi connectivity index (χ1v) is 6.36. The molecule has 0 aliphatic heterocycles. The van der Waals surface area contributed by atoms with Crippen molar-refractivity contribution in [2.75, 3.05) is 38.0 Å². The minimum Gasteiger partial charge on any atom is -0.377 e. The van der Waals surface area contributed by atoms with Crippen LogP contribution >= 0.6 is 0 Å². The molecular formula is C16H18N2O2. The van der Waals surface area contributed by atoms with E-state index < -0.39 is 0 Å². The molecule has 2 aromatic carbocycles. The number of hydrogen-bond donors (Lipinski definition) is 0. The summed E-state index contributed by atoms with van der Waals surface area (Å²) in [6, 6.07) is 7.32. The van der Waals surface area contributed by atoms with Gasteiger partial charge in [-0.25, -0.2) is 0 Å². The van der Waals surface area contributed by atoms with Gasteiger partial charge in [-0.05, 0) is 23.6 Å². The molecule has 0 atom stereocenters. The van der Waals surface area contributed by atoms with E-state index in [1.807, 2.05) is 56.2 Å². The van der Waals surface area contributed by atoms with Crippen molar-refractivity contribution in [3.63, 3.8) is 0 Å². The van der Waals surface area contributed by atoms with Crippen molar-refractivity contribution >= 4 is 34.7 Å². The van der Waals surface area contributed by atoms with E-state index in [0.29, 0.717) is 11.1 Å². The zero-order valence-electron chi connectivity index (χ0n) is 12.2. The molecule has 0 amide bonds. The van der Waals surface area contributed by atoms with Gasteiger partial charge in [0.15, 0.2) is 12.6 Å². The van der Waals surface area contributed by atoms with Gasteiger partial charge in [-0.15, -0.1) is 0 Å². The van der Waals surface area contributed by atoms with Crippen molar-refractivity contribution in [3.8, 4) is 0 Å². The molecule has 2 aromatic rings. The first-order valence-electron chi connectivity index (χ1n) is 6.36. The molecule has 2 rings (SSSR count). The number of fused-ring (bicyclic) bond motifs is 1. The van der Waals surface area contributed by atoms with Gasteiger partial charge >= 0.3 is 0 Å². The van der Waals surface area contributed by atoms with Gasteiger partial charge in [0.1, 0.15) is 0 Å². The number of carbonyl (C=O) groups excluding carboxylic acids is 2. The van der Waals surface area contributed by atoms with Crippen molar-refractivity contribution in [1.82, 2.24) is 0 Å². The van der Waals surface area contributed by atoms with Crippen LogP contribution in [0.3, 0.4) is 0 Å². The second-order valence-corrected chi connectivity index (χ2v) is 5.12. The van der Waals surface area contributed by atoms with E-state index in [0.717, 1.165) is 34.7 Å². The molecule has 0 aliphatic rings. The lowest BCUT2D eigenvalue weighted by Crippen LogP contribution is -2.15. The maximum atomic E-state index is 11.3. The first-order chi connectivity index (χ1) is 9.51. The molecule has 0 unspecified atom stereocenters. The maximum Gasteiger partial charge on any atom is 0.152 e. The van der Waals surface area contributed by atoms with Crippen molar-refractivity contribution in [2.45, 2.75) is 0 Å². The number of carbonyl (C=O) groups is 2. The number of rotatable bonds is 4. The molecular weight excluding hydrogens is 252 g/mol. The highest BCUT2D eigenvalue weighted by atomic mass is 16.1. The highest BCUT2D eigenvalue weighted by molar-refractivity contribution is 6.13. The number of nitrogens with zero attached hydrogens (tertiary/aromatic N) is 2. The quantitative estimate of drug-likeness (QED) is 0.801. The average molecular weight is 270 g/mol. The van der Waals surface area contributed by atoms with Gasteiger partial charge in [-0.1, -0.05) is 6.07 Å². The van der Waals surface area contributed by atoms with Crippen LogP contribution in [0.5, 0.6) is 0 Å². The van der Waals surface area contributed by atoms with E-state index in [1.165, 1.54) is 0 Å². The minimum atomic E-state index is 0.619. The van der Waals surface area contributed by atoms with E-state index in [2.05, 4.69) is 0 Å². The van der Waals surface area contributed by atoms with Gasteiger partial charge in [0.05, 0.1) is 5.69 Å². The van der Waals surface area contributed by atoms with Gasteiger partial charge in [0.2, 0.25) is 0 Å². The molecule has 0 spiro atoms. The third-order valence-electron chi connectivity index (χ3n) is 3.38. The van der Waals surface area contributed by atoms with E-state index >= 15 is 0 Å². The number of hydrogen-bond acceptors (Lipinski definition) is 4. The van der Waals surface area contributed by atoms with Crippen molar-refractivity contribution in [3.05, 3.63) is 35.4 Å².